The predicted octanol–water partition coefficient (Wildman–Crippen LogP) is 8.13. The van der Waals surface area contributed by atoms with Crippen molar-refractivity contribution in [3.05, 3.63) is 96.6 Å². The molecule has 0 aliphatic carbocycles. The lowest BCUT2D eigenvalue weighted by Gasteiger charge is -2.21. The highest BCUT2D eigenvalue weighted by Crippen LogP contribution is 2.36. The Bertz CT molecular complexity index is 1670. The molecule has 0 fully saturated rings. The Morgan fingerprint density at radius 2 is 1.57 bits per heavy atom. The van der Waals surface area contributed by atoms with Gasteiger partial charge in [0.25, 0.3) is 0 Å². The van der Waals surface area contributed by atoms with E-state index < -0.39 is 23.7 Å². The summed E-state index contributed by atoms with van der Waals surface area (Å²) in [7, 11) is 0. The van der Waals surface area contributed by atoms with Crippen LogP contribution in [-0.4, -0.2) is 34.6 Å². The fourth-order valence-electron chi connectivity index (χ4n) is 4.58. The van der Waals surface area contributed by atoms with Crippen molar-refractivity contribution in [1.82, 2.24) is 5.32 Å². The number of rotatable bonds is 8. The maximum Gasteiger partial charge on any atom is 0.408 e. The van der Waals surface area contributed by atoms with Gasteiger partial charge in [-0.05, 0) is 49.1 Å². The molecule has 0 unspecified atom stereocenters. The summed E-state index contributed by atoms with van der Waals surface area (Å²) < 4.78 is 11.4. The zero-order valence-corrected chi connectivity index (χ0v) is 23.5. The highest BCUT2D eigenvalue weighted by Gasteiger charge is 2.24. The number of carboxylic acid groups (broad SMARTS) is 1. The number of carbonyl (C=O) groups excluding carboxylic acids is 1. The van der Waals surface area contributed by atoms with Crippen LogP contribution in [0.15, 0.2) is 95.4 Å². The minimum Gasteiger partial charge on any atom is -0.480 e. The van der Waals surface area contributed by atoms with E-state index in [1.54, 1.807) is 20.8 Å². The summed E-state index contributed by atoms with van der Waals surface area (Å²) in [5.74, 6) is -0.258. The van der Waals surface area contributed by atoms with Gasteiger partial charge >= 0.3 is 12.1 Å². The third kappa shape index (κ3) is 6.32. The lowest BCUT2D eigenvalue weighted by molar-refractivity contribution is -0.138. The number of para-hydroxylation sites is 2. The molecule has 4 aromatic carbocycles. The summed E-state index contributed by atoms with van der Waals surface area (Å²) in [5.41, 5.74) is 6.44. The molecule has 2 N–H and O–H groups in total. The van der Waals surface area contributed by atoms with Crippen molar-refractivity contribution in [2.24, 2.45) is 0 Å². The van der Waals surface area contributed by atoms with Crippen LogP contribution in [0.3, 0.4) is 0 Å². The van der Waals surface area contributed by atoms with Gasteiger partial charge in [0, 0.05) is 27.8 Å². The molecule has 0 radical (unpaired) electrons. The maximum atomic E-state index is 12.0. The van der Waals surface area contributed by atoms with Gasteiger partial charge in [0.1, 0.15) is 22.8 Å². The number of hydrogen-bond acceptors (Lipinski definition) is 5. The second-order valence-corrected chi connectivity index (χ2v) is 11.6. The molecule has 0 aliphatic heterocycles. The molecule has 204 valence electrons. The van der Waals surface area contributed by atoms with E-state index in [1.807, 2.05) is 30.3 Å². The molecule has 5 aromatic rings. The summed E-state index contributed by atoms with van der Waals surface area (Å²) >= 11 is 1.45. The van der Waals surface area contributed by atoms with Crippen molar-refractivity contribution in [3.8, 4) is 22.3 Å². The summed E-state index contributed by atoms with van der Waals surface area (Å²) in [6, 6.07) is 29.9. The molecule has 0 saturated heterocycles. The molecule has 0 bridgehead atoms. The van der Waals surface area contributed by atoms with Crippen molar-refractivity contribution in [2.45, 2.75) is 38.2 Å². The normalized spacial score (nSPS) is 12.4. The van der Waals surface area contributed by atoms with Crippen molar-refractivity contribution >= 4 is 45.8 Å². The van der Waals surface area contributed by atoms with Crippen LogP contribution in [0.4, 0.5) is 4.79 Å². The third-order valence-electron chi connectivity index (χ3n) is 6.40. The molecule has 0 spiro atoms. The highest BCUT2D eigenvalue weighted by molar-refractivity contribution is 7.98. The Kier molecular flexibility index (Phi) is 7.85. The number of thioether (sulfide) groups is 1. The smallest absolute Gasteiger partial charge is 0.408 e. The number of ether oxygens (including phenoxy) is 1. The Hall–Kier alpha value is -4.23. The van der Waals surface area contributed by atoms with Gasteiger partial charge in [-0.3, -0.25) is 0 Å². The number of nitrogens with one attached hydrogen (secondary N) is 1. The van der Waals surface area contributed by atoms with Gasteiger partial charge in [-0.15, -0.1) is 0 Å². The third-order valence-corrected chi connectivity index (χ3v) is 7.51. The average Bonchev–Trinajstić information content (AvgIpc) is 3.31. The van der Waals surface area contributed by atoms with Crippen LogP contribution in [0.2, 0.25) is 0 Å². The number of carbonyl (C=O) groups is 2. The van der Waals surface area contributed by atoms with E-state index in [2.05, 4.69) is 66.0 Å². The number of fused-ring (bicyclic) bond motifs is 3. The van der Waals surface area contributed by atoms with E-state index >= 15 is 0 Å². The van der Waals surface area contributed by atoms with Crippen LogP contribution < -0.4 is 5.32 Å². The summed E-state index contributed by atoms with van der Waals surface area (Å²) in [6.45, 7) is 5.20. The van der Waals surface area contributed by atoms with Crippen molar-refractivity contribution in [3.63, 3.8) is 0 Å². The number of benzene rings is 4. The first kappa shape index (κ1) is 27.3. The first-order valence-corrected chi connectivity index (χ1v) is 14.2. The monoisotopic (exact) mass is 553 g/mol. The number of alkyl carbamates (subject to hydrolysis) is 1. The van der Waals surface area contributed by atoms with Crippen molar-refractivity contribution < 1.29 is 23.8 Å². The lowest BCUT2D eigenvalue weighted by atomic mass is 9.98. The van der Waals surface area contributed by atoms with Gasteiger partial charge in [-0.25, -0.2) is 9.59 Å². The zero-order chi connectivity index (χ0) is 28.3. The lowest BCUT2D eigenvalue weighted by Crippen LogP contribution is -2.44. The summed E-state index contributed by atoms with van der Waals surface area (Å²) in [6.07, 6.45) is -0.734. The topological polar surface area (TPSA) is 88.8 Å². The van der Waals surface area contributed by atoms with E-state index in [0.717, 1.165) is 49.8 Å². The molecule has 40 heavy (non-hydrogen) atoms. The molecule has 7 heteroatoms. The van der Waals surface area contributed by atoms with E-state index in [9.17, 15) is 14.7 Å². The first-order chi connectivity index (χ1) is 19.2. The highest BCUT2D eigenvalue weighted by atomic mass is 32.2. The van der Waals surface area contributed by atoms with E-state index in [-0.39, 0.29) is 5.75 Å². The van der Waals surface area contributed by atoms with Gasteiger partial charge in [-0.2, -0.15) is 11.8 Å². The fraction of sp³-hybridized carbons (Fsp3) is 0.212. The number of carboxylic acids is 1. The Morgan fingerprint density at radius 3 is 2.33 bits per heavy atom. The molecule has 0 saturated carbocycles. The molecule has 6 nitrogen and oxygen atoms in total. The fourth-order valence-corrected chi connectivity index (χ4v) is 5.57. The maximum absolute atomic E-state index is 12.0. The van der Waals surface area contributed by atoms with Crippen LogP contribution in [0.5, 0.6) is 0 Å². The second-order valence-electron chi connectivity index (χ2n) is 10.6. The van der Waals surface area contributed by atoms with Crippen LogP contribution in [-0.2, 0) is 15.3 Å². The van der Waals surface area contributed by atoms with Crippen molar-refractivity contribution in [2.75, 3.05) is 5.75 Å². The van der Waals surface area contributed by atoms with Gasteiger partial charge in [0.05, 0.1) is 0 Å². The Labute approximate surface area is 237 Å². The molecule has 1 amide bonds. The number of aliphatic carboxylic acids is 1. The zero-order valence-electron chi connectivity index (χ0n) is 22.6. The summed E-state index contributed by atoms with van der Waals surface area (Å²) in [4.78, 5) is 23.7. The Morgan fingerprint density at radius 1 is 0.875 bits per heavy atom. The van der Waals surface area contributed by atoms with E-state index in [1.165, 1.54) is 11.8 Å². The minimum atomic E-state index is -1.09. The van der Waals surface area contributed by atoms with E-state index in [4.69, 9.17) is 9.15 Å². The summed E-state index contributed by atoms with van der Waals surface area (Å²) in [5, 5.41) is 14.2. The second kappa shape index (κ2) is 11.5. The minimum absolute atomic E-state index is 0.223. The van der Waals surface area contributed by atoms with Gasteiger partial charge < -0.3 is 19.6 Å². The standard InChI is InChI=1S/C33H31NO5S/c1-33(2,3)39-32(37)34-28(31(35)36)20-40-19-21-8-6-9-24(18-21)22-14-16-23(17-15-22)25-11-7-12-27-26-10-4-5-13-29(26)38-30(25)27/h4-18,28H,19-20H2,1-3H3,(H,34,37)(H,35,36)/t28-/m0/s1. The number of hydrogen-bond donors (Lipinski definition) is 2. The SMILES string of the molecule is CC(C)(C)OC(=O)N[C@@H](CSCc1cccc(-c2ccc(-c3cccc4c3oc3ccccc34)cc2)c1)C(=O)O. The van der Waals surface area contributed by atoms with Crippen LogP contribution >= 0.6 is 11.8 Å². The number of furan rings is 1. The molecule has 0 aliphatic rings. The molecule has 1 heterocycles. The Balaban J connectivity index is 1.27. The molecule has 1 aromatic heterocycles. The predicted molar refractivity (Wildman–Crippen MR) is 162 cm³/mol. The van der Waals surface area contributed by atoms with E-state index in [0.29, 0.717) is 5.75 Å². The van der Waals surface area contributed by atoms with Gasteiger partial charge in [0.15, 0.2) is 0 Å². The first-order valence-electron chi connectivity index (χ1n) is 13.1. The molecule has 5 rings (SSSR count). The average molecular weight is 554 g/mol. The molecular weight excluding hydrogens is 522 g/mol. The largest absolute Gasteiger partial charge is 0.480 e. The number of amides is 1. The molecular formula is C33H31NO5S. The van der Waals surface area contributed by atoms with Crippen LogP contribution in [0.1, 0.15) is 26.3 Å². The van der Waals surface area contributed by atoms with Crippen LogP contribution in [0, 0.1) is 0 Å². The van der Waals surface area contributed by atoms with Gasteiger partial charge in [-0.1, -0.05) is 84.9 Å². The van der Waals surface area contributed by atoms with Crippen LogP contribution in [0.25, 0.3) is 44.2 Å². The van der Waals surface area contributed by atoms with Gasteiger partial charge in [0.2, 0.25) is 0 Å². The van der Waals surface area contributed by atoms with Crippen molar-refractivity contribution in [1.29, 1.82) is 0 Å². The quantitative estimate of drug-likeness (QED) is 0.202. The molecule has 1 atom stereocenters.